The zero-order chi connectivity index (χ0) is 15.1. The normalized spacial score (nSPS) is 15.1. The zero-order valence-electron chi connectivity index (χ0n) is 11.9. The summed E-state index contributed by atoms with van der Waals surface area (Å²) in [6.45, 7) is 2.66. The van der Waals surface area contributed by atoms with E-state index in [-0.39, 0.29) is 0 Å². The van der Waals surface area contributed by atoms with Crippen molar-refractivity contribution in [1.82, 2.24) is 15.1 Å². The number of benzene rings is 1. The van der Waals surface area contributed by atoms with Crippen LogP contribution in [-0.4, -0.2) is 32.7 Å². The Morgan fingerprint density at radius 3 is 3.18 bits per heavy atom. The van der Waals surface area contributed by atoms with Crippen molar-refractivity contribution < 1.29 is 9.90 Å². The van der Waals surface area contributed by atoms with Crippen LogP contribution in [0.15, 0.2) is 30.5 Å². The lowest BCUT2D eigenvalue weighted by atomic mass is 10.1. The summed E-state index contributed by atoms with van der Waals surface area (Å²) in [6.07, 6.45) is 2.75. The Morgan fingerprint density at radius 1 is 1.41 bits per heavy atom. The lowest BCUT2D eigenvalue weighted by molar-refractivity contribution is 0.0702. The number of carboxylic acid groups (broad SMARTS) is 1. The third-order valence-electron chi connectivity index (χ3n) is 4.08. The smallest absolute Gasteiger partial charge is 0.345 e. The molecule has 4 rings (SSSR count). The van der Waals surface area contributed by atoms with Gasteiger partial charge in [0, 0.05) is 29.9 Å². The molecule has 2 aromatic heterocycles. The largest absolute Gasteiger partial charge is 0.477 e. The molecule has 1 aliphatic rings. The van der Waals surface area contributed by atoms with Gasteiger partial charge in [-0.15, -0.1) is 11.3 Å². The molecular formula is C16H15N3O2S. The van der Waals surface area contributed by atoms with Crippen molar-refractivity contribution in [1.29, 1.82) is 0 Å². The number of carboxylic acids is 1. The Kier molecular flexibility index (Phi) is 3.20. The maximum Gasteiger partial charge on any atom is 0.345 e. The zero-order valence-corrected chi connectivity index (χ0v) is 12.7. The standard InChI is InChI=1S/C16H15N3O2S/c20-16(21)14-6-11-3-4-19(9-15(11)22-14)8-10-1-2-12-7-17-18-13(12)5-10/h1-2,5-7H,3-4,8-9H2,(H,17,18)(H,20,21). The van der Waals surface area contributed by atoms with Crippen LogP contribution in [0.2, 0.25) is 0 Å². The van der Waals surface area contributed by atoms with Crippen LogP contribution >= 0.6 is 11.3 Å². The van der Waals surface area contributed by atoms with E-state index in [2.05, 4.69) is 33.3 Å². The second-order valence-electron chi connectivity index (χ2n) is 5.62. The SMILES string of the molecule is O=C(O)c1cc2c(s1)CN(Cc1ccc3cn[nH]c3c1)CC2. The number of hydrogen-bond donors (Lipinski definition) is 2. The number of H-pyrrole nitrogens is 1. The monoisotopic (exact) mass is 313 g/mol. The minimum absolute atomic E-state index is 0.450. The molecular weight excluding hydrogens is 298 g/mol. The van der Waals surface area contributed by atoms with Crippen molar-refractivity contribution in [2.75, 3.05) is 6.54 Å². The Labute approximate surface area is 131 Å². The fourth-order valence-corrected chi connectivity index (χ4v) is 4.05. The van der Waals surface area contributed by atoms with E-state index in [1.54, 1.807) is 0 Å². The minimum Gasteiger partial charge on any atom is -0.477 e. The van der Waals surface area contributed by atoms with Crippen LogP contribution in [0.3, 0.4) is 0 Å². The quantitative estimate of drug-likeness (QED) is 0.780. The Hall–Kier alpha value is -2.18. The Morgan fingerprint density at radius 2 is 2.32 bits per heavy atom. The van der Waals surface area contributed by atoms with Gasteiger partial charge in [-0.1, -0.05) is 12.1 Å². The van der Waals surface area contributed by atoms with Gasteiger partial charge < -0.3 is 5.11 Å². The van der Waals surface area contributed by atoms with Crippen molar-refractivity contribution in [2.24, 2.45) is 0 Å². The van der Waals surface area contributed by atoms with Crippen LogP contribution in [-0.2, 0) is 19.5 Å². The van der Waals surface area contributed by atoms with Gasteiger partial charge in [0.1, 0.15) is 4.88 Å². The highest BCUT2D eigenvalue weighted by Gasteiger charge is 2.21. The molecule has 22 heavy (non-hydrogen) atoms. The molecule has 0 unspecified atom stereocenters. The van der Waals surface area contributed by atoms with Gasteiger partial charge in [0.05, 0.1) is 11.7 Å². The molecule has 3 heterocycles. The topological polar surface area (TPSA) is 69.2 Å². The number of rotatable bonds is 3. The molecule has 0 saturated carbocycles. The van der Waals surface area contributed by atoms with Crippen molar-refractivity contribution in [3.8, 4) is 0 Å². The van der Waals surface area contributed by atoms with Gasteiger partial charge in [0.2, 0.25) is 0 Å². The minimum atomic E-state index is -0.823. The van der Waals surface area contributed by atoms with Crippen LogP contribution < -0.4 is 0 Å². The summed E-state index contributed by atoms with van der Waals surface area (Å²) in [5.41, 5.74) is 3.50. The Balaban J connectivity index is 1.53. The molecule has 1 aromatic carbocycles. The fourth-order valence-electron chi connectivity index (χ4n) is 2.95. The highest BCUT2D eigenvalue weighted by molar-refractivity contribution is 7.14. The Bertz CT molecular complexity index is 852. The lowest BCUT2D eigenvalue weighted by Crippen LogP contribution is -2.28. The predicted molar refractivity (Wildman–Crippen MR) is 85.2 cm³/mol. The van der Waals surface area contributed by atoms with E-state index in [0.29, 0.717) is 4.88 Å². The van der Waals surface area contributed by atoms with Crippen molar-refractivity contribution in [2.45, 2.75) is 19.5 Å². The first-order valence-electron chi connectivity index (χ1n) is 7.18. The summed E-state index contributed by atoms with van der Waals surface area (Å²) in [5, 5.41) is 17.3. The summed E-state index contributed by atoms with van der Waals surface area (Å²) < 4.78 is 0. The van der Waals surface area contributed by atoms with Gasteiger partial charge in [-0.05, 0) is 29.7 Å². The summed E-state index contributed by atoms with van der Waals surface area (Å²) in [7, 11) is 0. The summed E-state index contributed by atoms with van der Waals surface area (Å²) in [4.78, 5) is 15.1. The number of nitrogens with zero attached hydrogens (tertiary/aromatic N) is 2. The number of carbonyl (C=O) groups is 1. The van der Waals surface area contributed by atoms with E-state index in [1.165, 1.54) is 27.3 Å². The van der Waals surface area contributed by atoms with E-state index in [1.807, 2.05) is 12.3 Å². The number of thiophene rings is 1. The average Bonchev–Trinajstić information content (AvgIpc) is 3.12. The van der Waals surface area contributed by atoms with Gasteiger partial charge in [-0.25, -0.2) is 4.79 Å². The molecule has 2 N–H and O–H groups in total. The molecule has 0 atom stereocenters. The molecule has 0 amide bonds. The van der Waals surface area contributed by atoms with E-state index in [9.17, 15) is 4.79 Å². The highest BCUT2D eigenvalue weighted by Crippen LogP contribution is 2.29. The predicted octanol–water partition coefficient (Wildman–Crippen LogP) is 2.88. The van der Waals surface area contributed by atoms with E-state index < -0.39 is 5.97 Å². The summed E-state index contributed by atoms with van der Waals surface area (Å²) >= 11 is 1.40. The molecule has 0 bridgehead atoms. The second kappa shape index (κ2) is 5.23. The fraction of sp³-hybridized carbons (Fsp3) is 0.250. The van der Waals surface area contributed by atoms with Crippen LogP contribution in [0.25, 0.3) is 10.9 Å². The van der Waals surface area contributed by atoms with E-state index >= 15 is 0 Å². The van der Waals surface area contributed by atoms with Gasteiger partial charge in [-0.2, -0.15) is 5.10 Å². The third kappa shape index (κ3) is 2.40. The molecule has 6 heteroatoms. The highest BCUT2D eigenvalue weighted by atomic mass is 32.1. The summed E-state index contributed by atoms with van der Waals surface area (Å²) in [6, 6.07) is 8.17. The molecule has 112 valence electrons. The summed E-state index contributed by atoms with van der Waals surface area (Å²) in [5.74, 6) is -0.823. The van der Waals surface area contributed by atoms with Crippen LogP contribution in [0.1, 0.15) is 25.7 Å². The number of aromatic amines is 1. The van der Waals surface area contributed by atoms with E-state index in [4.69, 9.17) is 5.11 Å². The molecule has 5 nitrogen and oxygen atoms in total. The number of aromatic carboxylic acids is 1. The lowest BCUT2D eigenvalue weighted by Gasteiger charge is -2.26. The first-order valence-corrected chi connectivity index (χ1v) is 8.00. The van der Waals surface area contributed by atoms with Crippen LogP contribution in [0, 0.1) is 0 Å². The van der Waals surface area contributed by atoms with Gasteiger partial charge in [0.15, 0.2) is 0 Å². The van der Waals surface area contributed by atoms with Gasteiger partial charge in [-0.3, -0.25) is 10.00 Å². The van der Waals surface area contributed by atoms with Gasteiger partial charge in [0.25, 0.3) is 0 Å². The maximum absolute atomic E-state index is 11.1. The number of aromatic nitrogens is 2. The maximum atomic E-state index is 11.1. The molecule has 0 spiro atoms. The van der Waals surface area contributed by atoms with Gasteiger partial charge >= 0.3 is 5.97 Å². The first-order chi connectivity index (χ1) is 10.7. The van der Waals surface area contributed by atoms with Crippen molar-refractivity contribution in [3.05, 3.63) is 51.3 Å². The number of hydrogen-bond acceptors (Lipinski definition) is 4. The average molecular weight is 313 g/mol. The first kappa shape index (κ1) is 13.5. The third-order valence-corrected chi connectivity index (χ3v) is 5.23. The molecule has 0 fully saturated rings. The number of fused-ring (bicyclic) bond motifs is 2. The molecule has 0 aliphatic carbocycles. The molecule has 0 radical (unpaired) electrons. The van der Waals surface area contributed by atoms with Crippen LogP contribution in [0.4, 0.5) is 0 Å². The molecule has 1 aliphatic heterocycles. The second-order valence-corrected chi connectivity index (χ2v) is 6.75. The molecule has 0 saturated heterocycles. The van der Waals surface area contributed by atoms with Crippen LogP contribution in [0.5, 0.6) is 0 Å². The van der Waals surface area contributed by atoms with Crippen molar-refractivity contribution >= 4 is 28.2 Å². The van der Waals surface area contributed by atoms with Crippen molar-refractivity contribution in [3.63, 3.8) is 0 Å². The molecule has 3 aromatic rings. The number of nitrogens with one attached hydrogen (secondary N) is 1. The van der Waals surface area contributed by atoms with E-state index in [0.717, 1.165) is 37.0 Å².